The maximum atomic E-state index is 5.50. The number of nitrogens with two attached hydrogens (primary N) is 1. The van der Waals surface area contributed by atoms with Gasteiger partial charge in [-0.3, -0.25) is 0 Å². The minimum atomic E-state index is 0.731. The first-order chi connectivity index (χ1) is 9.85. The van der Waals surface area contributed by atoms with Crippen LogP contribution in [0, 0.1) is 0 Å². The van der Waals surface area contributed by atoms with Gasteiger partial charge in [-0.1, -0.05) is 39.5 Å². The molecule has 0 aromatic heterocycles. The standard InChI is InChI=1S/C16H38N4/c1-3-5-7-10-18-12-15-20(14-8-6-4-2)16-13-19-11-9-17/h18-19H,3-17H2,1-2H3. The Morgan fingerprint density at radius 3 is 1.90 bits per heavy atom. The van der Waals surface area contributed by atoms with Crippen LogP contribution in [0.5, 0.6) is 0 Å². The summed E-state index contributed by atoms with van der Waals surface area (Å²) in [7, 11) is 0. The lowest BCUT2D eigenvalue weighted by molar-refractivity contribution is 0.267. The van der Waals surface area contributed by atoms with Gasteiger partial charge in [-0.05, 0) is 25.9 Å². The molecule has 0 aromatic rings. The lowest BCUT2D eigenvalue weighted by atomic mass is 10.2. The minimum absolute atomic E-state index is 0.731. The van der Waals surface area contributed by atoms with Crippen molar-refractivity contribution in [2.45, 2.75) is 52.4 Å². The lowest BCUT2D eigenvalue weighted by Crippen LogP contribution is -2.38. The Morgan fingerprint density at radius 1 is 0.700 bits per heavy atom. The Hall–Kier alpha value is -0.160. The molecule has 4 heteroatoms. The van der Waals surface area contributed by atoms with E-state index in [2.05, 4.69) is 29.4 Å². The fourth-order valence-corrected chi connectivity index (χ4v) is 2.25. The van der Waals surface area contributed by atoms with Gasteiger partial charge in [0.15, 0.2) is 0 Å². The summed E-state index contributed by atoms with van der Waals surface area (Å²) < 4.78 is 0. The second kappa shape index (κ2) is 16.9. The molecule has 0 heterocycles. The first-order valence-corrected chi connectivity index (χ1v) is 8.69. The van der Waals surface area contributed by atoms with E-state index in [0.29, 0.717) is 0 Å². The van der Waals surface area contributed by atoms with Crippen molar-refractivity contribution >= 4 is 0 Å². The second-order valence-electron chi connectivity index (χ2n) is 5.54. The zero-order valence-corrected chi connectivity index (χ0v) is 13.9. The molecule has 0 amide bonds. The summed E-state index contributed by atoms with van der Waals surface area (Å²) in [4.78, 5) is 2.58. The summed E-state index contributed by atoms with van der Waals surface area (Å²) in [6.07, 6.45) is 7.92. The van der Waals surface area contributed by atoms with Crippen LogP contribution >= 0.6 is 0 Å². The summed E-state index contributed by atoms with van der Waals surface area (Å²) in [5.41, 5.74) is 5.50. The van der Waals surface area contributed by atoms with Crippen molar-refractivity contribution < 1.29 is 0 Å². The molecule has 0 spiro atoms. The molecule has 0 saturated heterocycles. The molecule has 0 unspecified atom stereocenters. The van der Waals surface area contributed by atoms with E-state index in [9.17, 15) is 0 Å². The van der Waals surface area contributed by atoms with Gasteiger partial charge in [-0.15, -0.1) is 0 Å². The van der Waals surface area contributed by atoms with Crippen molar-refractivity contribution in [2.75, 3.05) is 52.4 Å². The van der Waals surface area contributed by atoms with E-state index >= 15 is 0 Å². The summed E-state index contributed by atoms with van der Waals surface area (Å²) in [5.74, 6) is 0. The molecular formula is C16H38N4. The van der Waals surface area contributed by atoms with Crippen LogP contribution in [0.4, 0.5) is 0 Å². The number of nitrogens with zero attached hydrogens (tertiary/aromatic N) is 1. The van der Waals surface area contributed by atoms with Crippen molar-refractivity contribution in [2.24, 2.45) is 5.73 Å². The van der Waals surface area contributed by atoms with E-state index in [-0.39, 0.29) is 0 Å². The summed E-state index contributed by atoms with van der Waals surface area (Å²) in [6, 6.07) is 0. The third-order valence-corrected chi connectivity index (χ3v) is 3.57. The van der Waals surface area contributed by atoms with Gasteiger partial charge in [0.25, 0.3) is 0 Å². The predicted octanol–water partition coefficient (Wildman–Crippen LogP) is 1.81. The Balaban J connectivity index is 3.62. The Labute approximate surface area is 126 Å². The molecule has 4 nitrogen and oxygen atoms in total. The maximum absolute atomic E-state index is 5.50. The Morgan fingerprint density at radius 2 is 1.30 bits per heavy atom. The number of unbranched alkanes of at least 4 members (excludes halogenated alkanes) is 4. The molecule has 0 radical (unpaired) electrons. The SMILES string of the molecule is CCCCCNCCN(CCCCC)CCNCCN. The van der Waals surface area contributed by atoms with E-state index in [1.54, 1.807) is 0 Å². The smallest absolute Gasteiger partial charge is 0.0107 e. The van der Waals surface area contributed by atoms with Crippen molar-refractivity contribution in [3.63, 3.8) is 0 Å². The van der Waals surface area contributed by atoms with Gasteiger partial charge >= 0.3 is 0 Å². The normalized spacial score (nSPS) is 11.4. The molecule has 20 heavy (non-hydrogen) atoms. The van der Waals surface area contributed by atoms with E-state index in [4.69, 9.17) is 5.73 Å². The second-order valence-corrected chi connectivity index (χ2v) is 5.54. The highest BCUT2D eigenvalue weighted by Gasteiger charge is 2.03. The number of nitrogens with one attached hydrogen (secondary N) is 2. The highest BCUT2D eigenvalue weighted by molar-refractivity contribution is 4.62. The van der Waals surface area contributed by atoms with Crippen molar-refractivity contribution in [1.29, 1.82) is 0 Å². The van der Waals surface area contributed by atoms with Gasteiger partial charge in [0, 0.05) is 39.3 Å². The van der Waals surface area contributed by atoms with Crippen LogP contribution in [0.25, 0.3) is 0 Å². The van der Waals surface area contributed by atoms with Gasteiger partial charge in [0.05, 0.1) is 0 Å². The average Bonchev–Trinajstić information content (AvgIpc) is 2.46. The molecule has 0 saturated carbocycles. The van der Waals surface area contributed by atoms with Gasteiger partial charge in [-0.2, -0.15) is 0 Å². The van der Waals surface area contributed by atoms with Crippen LogP contribution < -0.4 is 16.4 Å². The molecule has 0 aliphatic rings. The number of hydrogen-bond donors (Lipinski definition) is 3. The zero-order chi connectivity index (χ0) is 14.9. The summed E-state index contributed by atoms with van der Waals surface area (Å²) in [5, 5.41) is 6.95. The van der Waals surface area contributed by atoms with Crippen LogP contribution in [0.1, 0.15) is 52.4 Å². The Bertz CT molecular complexity index is 176. The fraction of sp³-hybridized carbons (Fsp3) is 1.00. The van der Waals surface area contributed by atoms with E-state index in [0.717, 1.165) is 32.7 Å². The van der Waals surface area contributed by atoms with E-state index in [1.165, 1.54) is 58.2 Å². The van der Waals surface area contributed by atoms with Gasteiger partial charge in [0.2, 0.25) is 0 Å². The maximum Gasteiger partial charge on any atom is 0.0107 e. The van der Waals surface area contributed by atoms with Crippen LogP contribution in [-0.2, 0) is 0 Å². The summed E-state index contributed by atoms with van der Waals surface area (Å²) in [6.45, 7) is 13.1. The van der Waals surface area contributed by atoms with E-state index < -0.39 is 0 Å². The highest BCUT2D eigenvalue weighted by atomic mass is 15.1. The summed E-state index contributed by atoms with van der Waals surface area (Å²) >= 11 is 0. The minimum Gasteiger partial charge on any atom is -0.329 e. The van der Waals surface area contributed by atoms with Gasteiger partial charge in [0.1, 0.15) is 0 Å². The molecular weight excluding hydrogens is 248 g/mol. The van der Waals surface area contributed by atoms with Gasteiger partial charge in [-0.25, -0.2) is 0 Å². The fourth-order valence-electron chi connectivity index (χ4n) is 2.25. The van der Waals surface area contributed by atoms with Crippen molar-refractivity contribution in [1.82, 2.24) is 15.5 Å². The number of hydrogen-bond acceptors (Lipinski definition) is 4. The highest BCUT2D eigenvalue weighted by Crippen LogP contribution is 1.98. The first kappa shape index (κ1) is 19.8. The molecule has 0 rings (SSSR count). The Kier molecular flexibility index (Phi) is 16.8. The molecule has 0 fully saturated rings. The zero-order valence-electron chi connectivity index (χ0n) is 13.9. The number of rotatable bonds is 16. The molecule has 0 aliphatic heterocycles. The first-order valence-electron chi connectivity index (χ1n) is 8.69. The average molecular weight is 287 g/mol. The molecule has 0 aliphatic carbocycles. The molecule has 0 atom stereocenters. The van der Waals surface area contributed by atoms with Crippen molar-refractivity contribution in [3.05, 3.63) is 0 Å². The third-order valence-electron chi connectivity index (χ3n) is 3.57. The van der Waals surface area contributed by atoms with Crippen LogP contribution in [0.15, 0.2) is 0 Å². The largest absolute Gasteiger partial charge is 0.329 e. The van der Waals surface area contributed by atoms with Crippen LogP contribution in [0.3, 0.4) is 0 Å². The monoisotopic (exact) mass is 286 g/mol. The topological polar surface area (TPSA) is 53.3 Å². The van der Waals surface area contributed by atoms with Crippen LogP contribution in [-0.4, -0.2) is 57.3 Å². The van der Waals surface area contributed by atoms with Gasteiger partial charge < -0.3 is 21.3 Å². The lowest BCUT2D eigenvalue weighted by Gasteiger charge is -2.22. The molecule has 0 aromatic carbocycles. The molecule has 4 N–H and O–H groups in total. The van der Waals surface area contributed by atoms with Crippen molar-refractivity contribution in [3.8, 4) is 0 Å². The van der Waals surface area contributed by atoms with E-state index in [1.807, 2.05) is 0 Å². The predicted molar refractivity (Wildman–Crippen MR) is 90.3 cm³/mol. The third kappa shape index (κ3) is 14.3. The quantitative estimate of drug-likeness (QED) is 0.379. The molecule has 122 valence electrons. The van der Waals surface area contributed by atoms with Crippen LogP contribution in [0.2, 0.25) is 0 Å². The molecule has 0 bridgehead atoms.